The van der Waals surface area contributed by atoms with Crippen molar-refractivity contribution in [2.75, 3.05) is 5.32 Å². The molecule has 2 amide bonds. The standard InChI is InChI=1S/C18H20BrN3O2/c1-4-12(3)21-17(23)13-7-8-20-16(10-13)18(24)22-15-6-5-11(2)9-14(15)19/h5-10,12H,4H2,1-3H3,(H,21,23)(H,22,24). The lowest BCUT2D eigenvalue weighted by Crippen LogP contribution is -2.32. The molecule has 0 saturated heterocycles. The van der Waals surface area contributed by atoms with Crippen LogP contribution in [0.4, 0.5) is 5.69 Å². The zero-order valence-corrected chi connectivity index (χ0v) is 15.5. The van der Waals surface area contributed by atoms with Crippen molar-refractivity contribution >= 4 is 33.4 Å². The van der Waals surface area contributed by atoms with Crippen LogP contribution in [0, 0.1) is 6.92 Å². The summed E-state index contributed by atoms with van der Waals surface area (Å²) >= 11 is 3.42. The van der Waals surface area contributed by atoms with Gasteiger partial charge in [-0.15, -0.1) is 0 Å². The third-order valence-corrected chi connectivity index (χ3v) is 4.27. The molecule has 2 rings (SSSR count). The summed E-state index contributed by atoms with van der Waals surface area (Å²) in [6, 6.07) is 8.80. The fourth-order valence-corrected chi connectivity index (χ4v) is 2.61. The highest BCUT2D eigenvalue weighted by atomic mass is 79.9. The Morgan fingerprint density at radius 3 is 2.62 bits per heavy atom. The summed E-state index contributed by atoms with van der Waals surface area (Å²) in [4.78, 5) is 28.6. The van der Waals surface area contributed by atoms with Crippen LogP contribution in [0.3, 0.4) is 0 Å². The van der Waals surface area contributed by atoms with Crippen LogP contribution < -0.4 is 10.6 Å². The topological polar surface area (TPSA) is 71.1 Å². The molecule has 24 heavy (non-hydrogen) atoms. The average molecular weight is 390 g/mol. The van der Waals surface area contributed by atoms with Crippen LogP contribution in [-0.4, -0.2) is 22.8 Å². The first-order valence-electron chi connectivity index (χ1n) is 7.75. The van der Waals surface area contributed by atoms with Crippen molar-refractivity contribution in [3.05, 3.63) is 57.8 Å². The second-order valence-corrected chi connectivity index (χ2v) is 6.50. The molecule has 1 aromatic carbocycles. The first-order valence-corrected chi connectivity index (χ1v) is 8.54. The van der Waals surface area contributed by atoms with Crippen molar-refractivity contribution in [2.24, 2.45) is 0 Å². The van der Waals surface area contributed by atoms with Crippen LogP contribution in [0.15, 0.2) is 41.0 Å². The SMILES string of the molecule is CCC(C)NC(=O)c1ccnc(C(=O)Nc2ccc(C)cc2Br)c1. The van der Waals surface area contributed by atoms with E-state index in [1.54, 1.807) is 6.07 Å². The fraction of sp³-hybridized carbons (Fsp3) is 0.278. The van der Waals surface area contributed by atoms with Crippen molar-refractivity contribution in [3.8, 4) is 0 Å². The molecule has 1 unspecified atom stereocenters. The highest BCUT2D eigenvalue weighted by molar-refractivity contribution is 9.10. The molecule has 0 aliphatic rings. The van der Waals surface area contributed by atoms with E-state index in [-0.39, 0.29) is 23.6 Å². The maximum absolute atomic E-state index is 12.4. The Balaban J connectivity index is 2.15. The van der Waals surface area contributed by atoms with E-state index in [2.05, 4.69) is 31.5 Å². The monoisotopic (exact) mass is 389 g/mol. The van der Waals surface area contributed by atoms with Gasteiger partial charge in [-0.2, -0.15) is 0 Å². The smallest absolute Gasteiger partial charge is 0.274 e. The number of nitrogens with zero attached hydrogens (tertiary/aromatic N) is 1. The lowest BCUT2D eigenvalue weighted by molar-refractivity contribution is 0.0939. The Labute approximate surface area is 150 Å². The minimum Gasteiger partial charge on any atom is -0.350 e. The van der Waals surface area contributed by atoms with Gasteiger partial charge in [0, 0.05) is 22.3 Å². The molecule has 0 aliphatic carbocycles. The number of amides is 2. The van der Waals surface area contributed by atoms with Gasteiger partial charge < -0.3 is 10.6 Å². The Bertz CT molecular complexity index is 762. The van der Waals surface area contributed by atoms with Crippen molar-refractivity contribution in [2.45, 2.75) is 33.2 Å². The molecule has 2 N–H and O–H groups in total. The molecular weight excluding hydrogens is 370 g/mol. The summed E-state index contributed by atoms with van der Waals surface area (Å²) in [5, 5.41) is 5.66. The Kier molecular flexibility index (Phi) is 6.09. The molecule has 0 saturated carbocycles. The van der Waals surface area contributed by atoms with Gasteiger partial charge in [-0.05, 0) is 66.0 Å². The molecule has 1 atom stereocenters. The van der Waals surface area contributed by atoms with Gasteiger partial charge >= 0.3 is 0 Å². The first-order chi connectivity index (χ1) is 11.4. The Hall–Kier alpha value is -2.21. The number of pyridine rings is 1. The van der Waals surface area contributed by atoms with Gasteiger partial charge in [0.15, 0.2) is 0 Å². The Morgan fingerprint density at radius 1 is 1.21 bits per heavy atom. The number of carbonyl (C=O) groups is 2. The normalized spacial score (nSPS) is 11.7. The van der Waals surface area contributed by atoms with Gasteiger partial charge in [0.2, 0.25) is 0 Å². The van der Waals surface area contributed by atoms with Crippen molar-refractivity contribution in [1.29, 1.82) is 0 Å². The predicted octanol–water partition coefficient (Wildman–Crippen LogP) is 3.93. The summed E-state index contributed by atoms with van der Waals surface area (Å²) in [5.74, 6) is -0.574. The third kappa shape index (κ3) is 4.64. The minimum atomic E-state index is -0.363. The number of hydrogen-bond acceptors (Lipinski definition) is 3. The molecule has 1 aromatic heterocycles. The van der Waals surface area contributed by atoms with E-state index in [0.29, 0.717) is 11.3 Å². The van der Waals surface area contributed by atoms with Crippen LogP contribution in [0.5, 0.6) is 0 Å². The third-order valence-electron chi connectivity index (χ3n) is 3.62. The number of nitrogens with one attached hydrogen (secondary N) is 2. The molecule has 2 aromatic rings. The molecular formula is C18H20BrN3O2. The molecule has 0 spiro atoms. The van der Waals surface area contributed by atoms with Gasteiger partial charge in [0.05, 0.1) is 5.69 Å². The Morgan fingerprint density at radius 2 is 1.96 bits per heavy atom. The van der Waals surface area contributed by atoms with Gasteiger partial charge in [-0.1, -0.05) is 13.0 Å². The highest BCUT2D eigenvalue weighted by Gasteiger charge is 2.14. The summed E-state index contributed by atoms with van der Waals surface area (Å²) in [5.41, 5.74) is 2.35. The number of hydrogen-bond donors (Lipinski definition) is 2. The second-order valence-electron chi connectivity index (χ2n) is 5.65. The molecule has 0 radical (unpaired) electrons. The number of aromatic nitrogens is 1. The van der Waals surface area contributed by atoms with E-state index in [9.17, 15) is 9.59 Å². The lowest BCUT2D eigenvalue weighted by Gasteiger charge is -2.12. The number of carbonyl (C=O) groups excluding carboxylic acids is 2. The number of benzene rings is 1. The quantitative estimate of drug-likeness (QED) is 0.813. The zero-order chi connectivity index (χ0) is 17.7. The van der Waals surface area contributed by atoms with E-state index >= 15 is 0 Å². The molecule has 6 heteroatoms. The number of aryl methyl sites for hydroxylation is 1. The fourth-order valence-electron chi connectivity index (χ4n) is 2.01. The number of anilines is 1. The van der Waals surface area contributed by atoms with Crippen molar-refractivity contribution in [3.63, 3.8) is 0 Å². The average Bonchev–Trinajstić information content (AvgIpc) is 2.57. The van der Waals surface area contributed by atoms with Gasteiger partial charge in [-0.25, -0.2) is 0 Å². The molecule has 126 valence electrons. The maximum atomic E-state index is 12.4. The first kappa shape index (κ1) is 18.1. The summed E-state index contributed by atoms with van der Waals surface area (Å²) in [6.07, 6.45) is 2.30. The van der Waals surface area contributed by atoms with Crippen LogP contribution in [0.1, 0.15) is 46.7 Å². The molecule has 0 bridgehead atoms. The molecule has 5 nitrogen and oxygen atoms in total. The van der Waals surface area contributed by atoms with E-state index in [1.807, 2.05) is 39.0 Å². The van der Waals surface area contributed by atoms with Crippen LogP contribution >= 0.6 is 15.9 Å². The van der Waals surface area contributed by atoms with Crippen LogP contribution in [0.25, 0.3) is 0 Å². The van der Waals surface area contributed by atoms with Gasteiger partial charge in [0.1, 0.15) is 5.69 Å². The van der Waals surface area contributed by atoms with Crippen molar-refractivity contribution < 1.29 is 9.59 Å². The van der Waals surface area contributed by atoms with Crippen LogP contribution in [-0.2, 0) is 0 Å². The highest BCUT2D eigenvalue weighted by Crippen LogP contribution is 2.23. The van der Waals surface area contributed by atoms with E-state index in [0.717, 1.165) is 16.5 Å². The van der Waals surface area contributed by atoms with E-state index in [1.165, 1.54) is 12.3 Å². The molecule has 0 aliphatic heterocycles. The summed E-state index contributed by atoms with van der Waals surface area (Å²) in [7, 11) is 0. The number of rotatable bonds is 5. The maximum Gasteiger partial charge on any atom is 0.274 e. The summed E-state index contributed by atoms with van der Waals surface area (Å²) in [6.45, 7) is 5.90. The summed E-state index contributed by atoms with van der Waals surface area (Å²) < 4.78 is 0.793. The van der Waals surface area contributed by atoms with E-state index < -0.39 is 0 Å². The molecule has 1 heterocycles. The van der Waals surface area contributed by atoms with Gasteiger partial charge in [0.25, 0.3) is 11.8 Å². The zero-order valence-electron chi connectivity index (χ0n) is 13.9. The number of halogens is 1. The van der Waals surface area contributed by atoms with E-state index in [4.69, 9.17) is 0 Å². The minimum absolute atomic E-state index is 0.0754. The predicted molar refractivity (Wildman–Crippen MR) is 98.3 cm³/mol. The molecule has 0 fully saturated rings. The lowest BCUT2D eigenvalue weighted by atomic mass is 10.1. The second kappa shape index (κ2) is 8.06. The largest absolute Gasteiger partial charge is 0.350 e. The van der Waals surface area contributed by atoms with Crippen LogP contribution in [0.2, 0.25) is 0 Å². The van der Waals surface area contributed by atoms with Gasteiger partial charge in [-0.3, -0.25) is 14.6 Å². The van der Waals surface area contributed by atoms with Crippen molar-refractivity contribution in [1.82, 2.24) is 10.3 Å².